The first kappa shape index (κ1) is 18.3. The van der Waals surface area contributed by atoms with Gasteiger partial charge in [0.25, 0.3) is 11.5 Å². The van der Waals surface area contributed by atoms with E-state index >= 15 is 0 Å². The van der Waals surface area contributed by atoms with E-state index in [0.29, 0.717) is 10.8 Å². The van der Waals surface area contributed by atoms with Crippen LogP contribution >= 0.6 is 0 Å². The van der Waals surface area contributed by atoms with E-state index in [2.05, 4.69) is 10.2 Å². The summed E-state index contributed by atoms with van der Waals surface area (Å²) in [6, 6.07) is 15.0. The van der Waals surface area contributed by atoms with E-state index in [0.717, 1.165) is 0 Å². The minimum atomic E-state index is -3.58. The molecular weight excluding hydrogens is 380 g/mol. The zero-order valence-corrected chi connectivity index (χ0v) is 15.7. The predicted molar refractivity (Wildman–Crippen MR) is 103 cm³/mol. The summed E-state index contributed by atoms with van der Waals surface area (Å²) >= 11 is 0. The number of nitrogens with zero attached hydrogens (tertiary/aromatic N) is 3. The number of sulfonamides is 1. The third-order valence-electron chi connectivity index (χ3n) is 4.81. The lowest BCUT2D eigenvalue weighted by atomic mass is 10.1. The fourth-order valence-corrected chi connectivity index (χ4v) is 4.74. The Kier molecular flexibility index (Phi) is 4.70. The van der Waals surface area contributed by atoms with Gasteiger partial charge in [0.2, 0.25) is 10.0 Å². The van der Waals surface area contributed by atoms with Crippen LogP contribution in [0.4, 0.5) is 0 Å². The largest absolute Gasteiger partial charge is 0.335 e. The van der Waals surface area contributed by atoms with E-state index in [-0.39, 0.29) is 48.2 Å². The molecule has 0 bridgehead atoms. The van der Waals surface area contributed by atoms with Crippen LogP contribution < -0.4 is 5.56 Å². The molecule has 28 heavy (non-hydrogen) atoms. The lowest BCUT2D eigenvalue weighted by molar-refractivity contribution is 0.0693. The molecule has 0 spiro atoms. The van der Waals surface area contributed by atoms with E-state index < -0.39 is 10.0 Å². The first-order chi connectivity index (χ1) is 13.5. The van der Waals surface area contributed by atoms with Gasteiger partial charge in [-0.3, -0.25) is 9.59 Å². The van der Waals surface area contributed by atoms with Crippen molar-refractivity contribution >= 4 is 26.7 Å². The summed E-state index contributed by atoms with van der Waals surface area (Å²) in [6.45, 7) is 0.897. The smallest absolute Gasteiger partial charge is 0.275 e. The number of H-pyrrole nitrogens is 1. The number of hydrogen-bond donors (Lipinski definition) is 1. The summed E-state index contributed by atoms with van der Waals surface area (Å²) in [5, 5.41) is 7.17. The SMILES string of the molecule is O=C(c1n[nH]c(=O)c2ccccc12)N1CCN(S(=O)(=O)c2ccccc2)CC1. The van der Waals surface area contributed by atoms with E-state index in [1.54, 1.807) is 59.5 Å². The van der Waals surface area contributed by atoms with E-state index in [4.69, 9.17) is 0 Å². The highest BCUT2D eigenvalue weighted by atomic mass is 32.2. The van der Waals surface area contributed by atoms with Gasteiger partial charge in [0.15, 0.2) is 5.69 Å². The van der Waals surface area contributed by atoms with Crippen molar-refractivity contribution in [3.63, 3.8) is 0 Å². The van der Waals surface area contributed by atoms with Crippen LogP contribution in [0.5, 0.6) is 0 Å². The van der Waals surface area contributed by atoms with Gasteiger partial charge < -0.3 is 4.90 Å². The summed E-state index contributed by atoms with van der Waals surface area (Å²) in [5.74, 6) is -0.329. The molecular formula is C19H18N4O4S. The summed E-state index contributed by atoms with van der Waals surface area (Å²) in [7, 11) is -3.58. The molecule has 2 aromatic carbocycles. The first-order valence-corrected chi connectivity index (χ1v) is 10.2. The molecule has 0 aliphatic carbocycles. The summed E-state index contributed by atoms with van der Waals surface area (Å²) in [5.41, 5.74) is -0.194. The molecule has 0 radical (unpaired) electrons. The molecule has 144 valence electrons. The summed E-state index contributed by atoms with van der Waals surface area (Å²) in [6.07, 6.45) is 0. The molecule has 0 unspecified atom stereocenters. The number of amides is 1. The number of carbonyl (C=O) groups is 1. The fraction of sp³-hybridized carbons (Fsp3) is 0.211. The van der Waals surface area contributed by atoms with Gasteiger partial charge in [0.1, 0.15) is 0 Å². The topological polar surface area (TPSA) is 103 Å². The molecule has 1 aromatic heterocycles. The van der Waals surface area contributed by atoms with Gasteiger partial charge in [-0.25, -0.2) is 13.5 Å². The Morgan fingerprint density at radius 2 is 1.50 bits per heavy atom. The van der Waals surface area contributed by atoms with Crippen molar-refractivity contribution in [2.45, 2.75) is 4.90 Å². The zero-order valence-electron chi connectivity index (χ0n) is 14.9. The quantitative estimate of drug-likeness (QED) is 0.711. The highest BCUT2D eigenvalue weighted by Crippen LogP contribution is 2.19. The maximum Gasteiger partial charge on any atom is 0.275 e. The van der Waals surface area contributed by atoms with Crippen molar-refractivity contribution in [2.24, 2.45) is 0 Å². The normalized spacial score (nSPS) is 15.6. The second-order valence-electron chi connectivity index (χ2n) is 6.46. The minimum Gasteiger partial charge on any atom is -0.335 e. The van der Waals surface area contributed by atoms with Crippen LogP contribution in [-0.2, 0) is 10.0 Å². The van der Waals surface area contributed by atoms with Gasteiger partial charge in [0, 0.05) is 31.6 Å². The van der Waals surface area contributed by atoms with Crippen LogP contribution in [0.15, 0.2) is 64.3 Å². The molecule has 3 aromatic rings. The van der Waals surface area contributed by atoms with Crippen molar-refractivity contribution in [2.75, 3.05) is 26.2 Å². The van der Waals surface area contributed by atoms with Gasteiger partial charge in [-0.15, -0.1) is 0 Å². The zero-order chi connectivity index (χ0) is 19.7. The Labute approximate surface area is 161 Å². The van der Waals surface area contributed by atoms with Crippen LogP contribution in [0.1, 0.15) is 10.5 Å². The molecule has 1 fully saturated rings. The highest BCUT2D eigenvalue weighted by molar-refractivity contribution is 7.89. The lowest BCUT2D eigenvalue weighted by Gasteiger charge is -2.33. The molecule has 1 aliphatic rings. The van der Waals surface area contributed by atoms with E-state index in [9.17, 15) is 18.0 Å². The van der Waals surface area contributed by atoms with Gasteiger partial charge in [-0.1, -0.05) is 36.4 Å². The third kappa shape index (κ3) is 3.19. The van der Waals surface area contributed by atoms with Crippen LogP contribution in [-0.4, -0.2) is 59.9 Å². The van der Waals surface area contributed by atoms with E-state index in [1.807, 2.05) is 0 Å². The predicted octanol–water partition coefficient (Wildman–Crippen LogP) is 1.07. The molecule has 1 N–H and O–H groups in total. The van der Waals surface area contributed by atoms with Crippen molar-refractivity contribution in [3.05, 3.63) is 70.6 Å². The first-order valence-electron chi connectivity index (χ1n) is 8.80. The Bertz CT molecular complexity index is 1180. The standard InChI is InChI=1S/C19H18N4O4S/c24-18-16-9-5-4-8-15(16)17(20-21-18)19(25)22-10-12-23(13-11-22)28(26,27)14-6-2-1-3-7-14/h1-9H,10-13H2,(H,21,24). The van der Waals surface area contributed by atoms with Crippen molar-refractivity contribution < 1.29 is 13.2 Å². The Morgan fingerprint density at radius 1 is 0.893 bits per heavy atom. The average Bonchev–Trinajstić information content (AvgIpc) is 2.74. The third-order valence-corrected chi connectivity index (χ3v) is 6.72. The van der Waals surface area contributed by atoms with Gasteiger partial charge in [0.05, 0.1) is 10.3 Å². The number of fused-ring (bicyclic) bond motifs is 1. The minimum absolute atomic E-state index is 0.162. The van der Waals surface area contributed by atoms with Gasteiger partial charge in [-0.2, -0.15) is 9.40 Å². The molecule has 4 rings (SSSR count). The Morgan fingerprint density at radius 3 is 2.18 bits per heavy atom. The highest BCUT2D eigenvalue weighted by Gasteiger charge is 2.31. The van der Waals surface area contributed by atoms with Crippen LogP contribution in [0.2, 0.25) is 0 Å². The molecule has 9 heteroatoms. The maximum atomic E-state index is 12.9. The van der Waals surface area contributed by atoms with Gasteiger partial charge >= 0.3 is 0 Å². The number of carbonyl (C=O) groups excluding carboxylic acids is 1. The van der Waals surface area contributed by atoms with E-state index in [1.165, 1.54) is 4.31 Å². The Hall–Kier alpha value is -3.04. The molecule has 0 atom stereocenters. The van der Waals surface area contributed by atoms with Crippen molar-refractivity contribution in [1.29, 1.82) is 0 Å². The molecule has 1 saturated heterocycles. The number of benzene rings is 2. The number of aromatic amines is 1. The molecule has 1 aliphatic heterocycles. The molecule has 1 amide bonds. The number of nitrogens with one attached hydrogen (secondary N) is 1. The fourth-order valence-electron chi connectivity index (χ4n) is 3.30. The summed E-state index contributed by atoms with van der Waals surface area (Å²) in [4.78, 5) is 26.6. The maximum absolute atomic E-state index is 12.9. The number of piperazine rings is 1. The van der Waals surface area contributed by atoms with Crippen molar-refractivity contribution in [3.8, 4) is 0 Å². The number of aromatic nitrogens is 2. The molecule has 0 saturated carbocycles. The second-order valence-corrected chi connectivity index (χ2v) is 8.39. The number of rotatable bonds is 3. The Balaban J connectivity index is 1.54. The summed E-state index contributed by atoms with van der Waals surface area (Å²) < 4.78 is 26.8. The lowest BCUT2D eigenvalue weighted by Crippen LogP contribution is -2.50. The van der Waals surface area contributed by atoms with Crippen molar-refractivity contribution in [1.82, 2.24) is 19.4 Å². The monoisotopic (exact) mass is 398 g/mol. The molecule has 2 heterocycles. The van der Waals surface area contributed by atoms with Crippen LogP contribution in [0.25, 0.3) is 10.8 Å². The average molecular weight is 398 g/mol. The molecule has 8 nitrogen and oxygen atoms in total. The second kappa shape index (κ2) is 7.17. The number of hydrogen-bond acceptors (Lipinski definition) is 5. The van der Waals surface area contributed by atoms with Crippen LogP contribution in [0, 0.1) is 0 Å². The van der Waals surface area contributed by atoms with Gasteiger partial charge in [-0.05, 0) is 18.2 Å². The van der Waals surface area contributed by atoms with Crippen LogP contribution in [0.3, 0.4) is 0 Å².